The van der Waals surface area contributed by atoms with Crippen LogP contribution < -0.4 is 5.73 Å². The van der Waals surface area contributed by atoms with Gasteiger partial charge in [0.25, 0.3) is 0 Å². The Morgan fingerprint density at radius 2 is 1.79 bits per heavy atom. The Bertz CT molecular complexity index is 455. The van der Waals surface area contributed by atoms with E-state index < -0.39 is 0 Å². The van der Waals surface area contributed by atoms with Crippen LogP contribution in [0.25, 0.3) is 6.08 Å². The lowest BCUT2D eigenvalue weighted by molar-refractivity contribution is -0.128. The number of amides is 1. The van der Waals surface area contributed by atoms with Gasteiger partial charge in [0.05, 0.1) is 0 Å². The van der Waals surface area contributed by atoms with Crippen molar-refractivity contribution >= 4 is 17.7 Å². The Kier molecular flexibility index (Phi) is 4.76. The molecule has 0 aliphatic heterocycles. The van der Waals surface area contributed by atoms with Crippen molar-refractivity contribution in [2.75, 3.05) is 12.8 Å². The van der Waals surface area contributed by atoms with Crippen molar-refractivity contribution in [1.82, 2.24) is 4.90 Å². The predicted molar refractivity (Wildman–Crippen MR) is 81.6 cm³/mol. The molecule has 0 radical (unpaired) electrons. The van der Waals surface area contributed by atoms with Crippen molar-refractivity contribution in [3.63, 3.8) is 0 Å². The highest BCUT2D eigenvalue weighted by Crippen LogP contribution is 2.23. The molecule has 0 saturated heterocycles. The second-order valence-corrected chi connectivity index (χ2v) is 5.99. The number of carbonyl (C=O) groups is 1. The molecule has 1 aromatic carbocycles. The minimum Gasteiger partial charge on any atom is -0.399 e. The highest BCUT2D eigenvalue weighted by Gasteiger charge is 2.25. The number of anilines is 1. The van der Waals surface area contributed by atoms with Crippen molar-refractivity contribution in [2.24, 2.45) is 5.41 Å². The molecule has 0 saturated carbocycles. The number of carbonyl (C=O) groups excluding carboxylic acids is 1. The van der Waals surface area contributed by atoms with Crippen molar-refractivity contribution in [3.8, 4) is 0 Å². The lowest BCUT2D eigenvalue weighted by Gasteiger charge is -2.34. The molecule has 0 heterocycles. The van der Waals surface area contributed by atoms with Gasteiger partial charge in [-0.05, 0) is 36.1 Å². The maximum atomic E-state index is 12.1. The summed E-state index contributed by atoms with van der Waals surface area (Å²) in [7, 11) is 1.84. The maximum Gasteiger partial charge on any atom is 0.246 e. The van der Waals surface area contributed by atoms with Crippen LogP contribution in [0, 0.1) is 5.41 Å². The summed E-state index contributed by atoms with van der Waals surface area (Å²) >= 11 is 0. The van der Waals surface area contributed by atoms with Crippen LogP contribution in [0.2, 0.25) is 0 Å². The van der Waals surface area contributed by atoms with Gasteiger partial charge in [-0.2, -0.15) is 0 Å². The topological polar surface area (TPSA) is 46.3 Å². The molecule has 1 rings (SSSR count). The molecular weight excluding hydrogens is 236 g/mol. The fraction of sp³-hybridized carbons (Fsp3) is 0.438. The summed E-state index contributed by atoms with van der Waals surface area (Å²) in [4.78, 5) is 13.9. The van der Waals surface area contributed by atoms with Crippen LogP contribution in [0.3, 0.4) is 0 Å². The summed E-state index contributed by atoms with van der Waals surface area (Å²) in [6.07, 6.45) is 3.42. The number of benzene rings is 1. The SMILES string of the molecule is CC(N(C)C(=O)/C=C/c1ccc(N)cc1)C(C)(C)C. The molecule has 0 spiro atoms. The maximum absolute atomic E-state index is 12.1. The van der Waals surface area contributed by atoms with Crippen LogP contribution in [0.1, 0.15) is 33.3 Å². The van der Waals surface area contributed by atoms with E-state index in [9.17, 15) is 4.79 Å². The van der Waals surface area contributed by atoms with Gasteiger partial charge in [-0.3, -0.25) is 4.79 Å². The number of rotatable bonds is 3. The second-order valence-electron chi connectivity index (χ2n) is 5.99. The van der Waals surface area contributed by atoms with Gasteiger partial charge in [-0.25, -0.2) is 0 Å². The average molecular weight is 260 g/mol. The Morgan fingerprint density at radius 1 is 1.26 bits per heavy atom. The van der Waals surface area contributed by atoms with E-state index in [1.165, 1.54) is 0 Å². The fourth-order valence-corrected chi connectivity index (χ4v) is 1.66. The minimum atomic E-state index is 0.0132. The standard InChI is InChI=1S/C16H24N2O/c1-12(16(2,3)4)18(5)15(19)11-8-13-6-9-14(17)10-7-13/h6-12H,17H2,1-5H3/b11-8+. The third-order valence-electron chi connectivity index (χ3n) is 3.54. The summed E-state index contributed by atoms with van der Waals surface area (Å²) in [6, 6.07) is 7.62. The molecule has 1 amide bonds. The molecule has 0 aliphatic carbocycles. The first-order valence-corrected chi connectivity index (χ1v) is 6.52. The fourth-order valence-electron chi connectivity index (χ4n) is 1.66. The zero-order valence-corrected chi connectivity index (χ0v) is 12.5. The van der Waals surface area contributed by atoms with Gasteiger partial charge in [-0.1, -0.05) is 32.9 Å². The molecule has 1 unspecified atom stereocenters. The lowest BCUT2D eigenvalue weighted by atomic mass is 9.87. The van der Waals surface area contributed by atoms with E-state index in [2.05, 4.69) is 27.7 Å². The third-order valence-corrected chi connectivity index (χ3v) is 3.54. The van der Waals surface area contributed by atoms with Crippen LogP contribution in [-0.2, 0) is 4.79 Å². The molecule has 3 nitrogen and oxygen atoms in total. The summed E-state index contributed by atoms with van der Waals surface area (Å²) < 4.78 is 0. The Labute approximate surface area is 116 Å². The van der Waals surface area contributed by atoms with Gasteiger partial charge in [-0.15, -0.1) is 0 Å². The monoisotopic (exact) mass is 260 g/mol. The van der Waals surface area contributed by atoms with Crippen LogP contribution in [0.15, 0.2) is 30.3 Å². The number of nitrogen functional groups attached to an aromatic ring is 1. The summed E-state index contributed by atoms with van der Waals surface area (Å²) in [5.41, 5.74) is 7.38. The van der Waals surface area contributed by atoms with Crippen LogP contribution >= 0.6 is 0 Å². The van der Waals surface area contributed by atoms with Gasteiger partial charge >= 0.3 is 0 Å². The second kappa shape index (κ2) is 5.91. The first kappa shape index (κ1) is 15.3. The molecule has 3 heteroatoms. The number of nitrogens with two attached hydrogens (primary N) is 1. The predicted octanol–water partition coefficient (Wildman–Crippen LogP) is 3.18. The van der Waals surface area contributed by atoms with Gasteiger partial charge in [0.1, 0.15) is 0 Å². The van der Waals surface area contributed by atoms with E-state index in [1.807, 2.05) is 37.4 Å². The number of nitrogens with zero attached hydrogens (tertiary/aromatic N) is 1. The van der Waals surface area contributed by atoms with Crippen molar-refractivity contribution in [3.05, 3.63) is 35.9 Å². The highest BCUT2D eigenvalue weighted by atomic mass is 16.2. The van der Waals surface area contributed by atoms with Gasteiger partial charge in [0.2, 0.25) is 5.91 Å². The number of hydrogen-bond donors (Lipinski definition) is 1. The third kappa shape index (κ3) is 4.43. The van der Waals surface area contributed by atoms with E-state index in [1.54, 1.807) is 11.0 Å². The zero-order chi connectivity index (χ0) is 14.6. The van der Waals surface area contributed by atoms with Crippen molar-refractivity contribution < 1.29 is 4.79 Å². The first-order valence-electron chi connectivity index (χ1n) is 6.52. The summed E-state index contributed by atoms with van der Waals surface area (Å²) in [6.45, 7) is 8.45. The van der Waals surface area contributed by atoms with E-state index in [4.69, 9.17) is 5.73 Å². The first-order chi connectivity index (χ1) is 8.71. The quantitative estimate of drug-likeness (QED) is 0.670. The largest absolute Gasteiger partial charge is 0.399 e. The smallest absolute Gasteiger partial charge is 0.246 e. The molecule has 0 aliphatic rings. The molecular formula is C16H24N2O. The van der Waals surface area contributed by atoms with Crippen molar-refractivity contribution in [2.45, 2.75) is 33.7 Å². The molecule has 1 aromatic rings. The van der Waals surface area contributed by atoms with Crippen LogP contribution in [0.5, 0.6) is 0 Å². The van der Waals surface area contributed by atoms with Gasteiger partial charge in [0.15, 0.2) is 0 Å². The highest BCUT2D eigenvalue weighted by molar-refractivity contribution is 5.91. The van der Waals surface area contributed by atoms with E-state index in [-0.39, 0.29) is 17.4 Å². The van der Waals surface area contributed by atoms with Crippen LogP contribution in [0.4, 0.5) is 5.69 Å². The summed E-state index contributed by atoms with van der Waals surface area (Å²) in [5, 5.41) is 0. The van der Waals surface area contributed by atoms with Crippen molar-refractivity contribution in [1.29, 1.82) is 0 Å². The Hall–Kier alpha value is -1.77. The number of likely N-dealkylation sites (N-methyl/N-ethyl adjacent to an activating group) is 1. The van der Waals surface area contributed by atoms with Gasteiger partial charge in [0, 0.05) is 24.9 Å². The molecule has 0 bridgehead atoms. The molecule has 2 N–H and O–H groups in total. The molecule has 0 fully saturated rings. The lowest BCUT2D eigenvalue weighted by Crippen LogP contribution is -2.42. The average Bonchev–Trinajstić information content (AvgIpc) is 2.34. The Morgan fingerprint density at radius 3 is 2.26 bits per heavy atom. The molecule has 19 heavy (non-hydrogen) atoms. The van der Waals surface area contributed by atoms with E-state index in [0.717, 1.165) is 11.3 Å². The van der Waals surface area contributed by atoms with E-state index in [0.29, 0.717) is 0 Å². The molecule has 1 atom stereocenters. The zero-order valence-electron chi connectivity index (χ0n) is 12.5. The normalized spacial score (nSPS) is 13.5. The Balaban J connectivity index is 2.71. The van der Waals surface area contributed by atoms with Crippen LogP contribution in [-0.4, -0.2) is 23.9 Å². The van der Waals surface area contributed by atoms with E-state index >= 15 is 0 Å². The summed E-state index contributed by atoms with van der Waals surface area (Å²) in [5.74, 6) is 0.0132. The molecule has 104 valence electrons. The van der Waals surface area contributed by atoms with Gasteiger partial charge < -0.3 is 10.6 Å². The minimum absolute atomic E-state index is 0.0132. The molecule has 0 aromatic heterocycles. The number of hydrogen-bond acceptors (Lipinski definition) is 2.